The van der Waals surface area contributed by atoms with E-state index >= 15 is 0 Å². The zero-order chi connectivity index (χ0) is 13.9. The lowest BCUT2D eigenvalue weighted by atomic mass is 10.2. The van der Waals surface area contributed by atoms with Crippen molar-refractivity contribution < 1.29 is 4.39 Å². The van der Waals surface area contributed by atoms with Crippen molar-refractivity contribution in [1.82, 2.24) is 10.3 Å². The summed E-state index contributed by atoms with van der Waals surface area (Å²) in [5, 5.41) is 6.32. The molecule has 0 saturated carbocycles. The summed E-state index contributed by atoms with van der Waals surface area (Å²) in [6.07, 6.45) is 1.75. The van der Waals surface area contributed by atoms with Crippen LogP contribution in [0.25, 0.3) is 0 Å². The molecule has 6 heteroatoms. The lowest BCUT2D eigenvalue weighted by Gasteiger charge is -2.21. The maximum atomic E-state index is 13.2. The smallest absolute Gasteiger partial charge is 0.208 e. The maximum Gasteiger partial charge on any atom is 0.208 e. The predicted molar refractivity (Wildman–Crippen MR) is 79.1 cm³/mol. The first-order valence-electron chi connectivity index (χ1n) is 6.21. The second-order valence-electron chi connectivity index (χ2n) is 4.42. The van der Waals surface area contributed by atoms with Crippen molar-refractivity contribution in [2.45, 2.75) is 17.9 Å². The van der Waals surface area contributed by atoms with E-state index < -0.39 is 0 Å². The van der Waals surface area contributed by atoms with Gasteiger partial charge in [0, 0.05) is 18.1 Å². The average molecular weight is 288 g/mol. The molecule has 1 aliphatic heterocycles. The fourth-order valence-corrected chi connectivity index (χ4v) is 2.52. The number of nitrogens with zero attached hydrogens (tertiary/aromatic N) is 2. The second-order valence-corrected chi connectivity index (χ2v) is 5.22. The van der Waals surface area contributed by atoms with Crippen LogP contribution in [0, 0.1) is 5.82 Å². The number of benzene rings is 1. The number of pyridine rings is 1. The Labute approximate surface area is 120 Å². The minimum atomic E-state index is -0.268. The van der Waals surface area contributed by atoms with Crippen LogP contribution in [0.5, 0.6) is 0 Å². The lowest BCUT2D eigenvalue weighted by Crippen LogP contribution is -2.34. The average Bonchev–Trinajstić information content (AvgIpc) is 2.47. The van der Waals surface area contributed by atoms with E-state index in [9.17, 15) is 4.39 Å². The molecule has 1 aromatic heterocycles. The van der Waals surface area contributed by atoms with Crippen LogP contribution in [0.4, 0.5) is 10.1 Å². The van der Waals surface area contributed by atoms with Gasteiger partial charge in [0.05, 0.1) is 22.3 Å². The van der Waals surface area contributed by atoms with E-state index in [2.05, 4.69) is 20.0 Å². The van der Waals surface area contributed by atoms with Crippen molar-refractivity contribution in [3.63, 3.8) is 0 Å². The van der Waals surface area contributed by atoms with E-state index in [1.54, 1.807) is 12.3 Å². The third-order valence-electron chi connectivity index (χ3n) is 2.91. The summed E-state index contributed by atoms with van der Waals surface area (Å²) in [5.41, 5.74) is 1.65. The fourth-order valence-electron chi connectivity index (χ4n) is 1.90. The van der Waals surface area contributed by atoms with Crippen LogP contribution >= 0.6 is 11.9 Å². The minimum Gasteiger partial charge on any atom is -0.347 e. The Morgan fingerprint density at radius 2 is 2.20 bits per heavy atom. The van der Waals surface area contributed by atoms with Gasteiger partial charge in [0.15, 0.2) is 0 Å². The molecule has 0 amide bonds. The highest BCUT2D eigenvalue weighted by atomic mass is 32.2. The van der Waals surface area contributed by atoms with Gasteiger partial charge in [0.25, 0.3) is 0 Å². The SMILES string of the molecule is CC(NC1=NSc2ccc(F)cc2N1)c1ccccn1. The highest BCUT2D eigenvalue weighted by Crippen LogP contribution is 2.32. The second kappa shape index (κ2) is 5.50. The van der Waals surface area contributed by atoms with Crippen molar-refractivity contribution in [3.8, 4) is 0 Å². The van der Waals surface area contributed by atoms with Gasteiger partial charge >= 0.3 is 0 Å². The molecule has 20 heavy (non-hydrogen) atoms. The third-order valence-corrected chi connectivity index (χ3v) is 3.74. The van der Waals surface area contributed by atoms with E-state index in [0.717, 1.165) is 16.3 Å². The monoisotopic (exact) mass is 288 g/mol. The van der Waals surface area contributed by atoms with Crippen LogP contribution < -0.4 is 10.6 Å². The summed E-state index contributed by atoms with van der Waals surface area (Å²) in [6.45, 7) is 2.00. The molecule has 4 nitrogen and oxygen atoms in total. The number of hydrogen-bond donors (Lipinski definition) is 2. The summed E-state index contributed by atoms with van der Waals surface area (Å²) in [6, 6.07) is 10.4. The molecule has 2 aromatic rings. The van der Waals surface area contributed by atoms with Gasteiger partial charge in [0.2, 0.25) is 5.96 Å². The molecular weight excluding hydrogens is 275 g/mol. The van der Waals surface area contributed by atoms with Crippen molar-refractivity contribution in [2.75, 3.05) is 5.32 Å². The first-order valence-corrected chi connectivity index (χ1v) is 6.99. The molecular formula is C14H13FN4S. The lowest BCUT2D eigenvalue weighted by molar-refractivity contribution is 0.627. The maximum absolute atomic E-state index is 13.2. The number of rotatable bonds is 2. The molecule has 0 radical (unpaired) electrons. The summed E-state index contributed by atoms with van der Waals surface area (Å²) < 4.78 is 17.6. The Kier molecular flexibility index (Phi) is 3.56. The number of halogens is 1. The highest BCUT2D eigenvalue weighted by molar-refractivity contribution is 7.98. The van der Waals surface area contributed by atoms with Crippen LogP contribution in [-0.2, 0) is 0 Å². The Balaban J connectivity index is 1.72. The normalized spacial score (nSPS) is 14.8. The van der Waals surface area contributed by atoms with E-state index in [1.807, 2.05) is 25.1 Å². The topological polar surface area (TPSA) is 49.3 Å². The number of fused-ring (bicyclic) bond motifs is 1. The number of aromatic nitrogens is 1. The van der Waals surface area contributed by atoms with Crippen molar-refractivity contribution in [2.24, 2.45) is 4.40 Å². The Hall–Kier alpha value is -2.08. The van der Waals surface area contributed by atoms with Gasteiger partial charge in [-0.3, -0.25) is 4.98 Å². The van der Waals surface area contributed by atoms with Gasteiger partial charge in [-0.15, -0.1) is 0 Å². The molecule has 2 N–H and O–H groups in total. The summed E-state index contributed by atoms with van der Waals surface area (Å²) in [4.78, 5) is 5.20. The van der Waals surface area contributed by atoms with Crippen molar-refractivity contribution >= 4 is 23.6 Å². The van der Waals surface area contributed by atoms with E-state index in [1.165, 1.54) is 24.1 Å². The van der Waals surface area contributed by atoms with Crippen LogP contribution in [0.15, 0.2) is 51.9 Å². The fraction of sp³-hybridized carbons (Fsp3) is 0.143. The molecule has 1 unspecified atom stereocenters. The standard InChI is InChI=1S/C14H13FN4S/c1-9(11-4-2-3-7-16-11)17-14-18-12-8-10(15)5-6-13(12)20-19-14/h2-9H,1H3,(H2,17,18,19). The first kappa shape index (κ1) is 12.9. The van der Waals surface area contributed by atoms with Gasteiger partial charge < -0.3 is 10.6 Å². The zero-order valence-electron chi connectivity index (χ0n) is 10.8. The molecule has 0 saturated heterocycles. The molecule has 0 fully saturated rings. The zero-order valence-corrected chi connectivity index (χ0v) is 11.6. The Bertz CT molecular complexity index is 645. The summed E-state index contributed by atoms with van der Waals surface area (Å²) >= 11 is 1.32. The molecule has 0 spiro atoms. The molecule has 0 aliphatic carbocycles. The number of anilines is 1. The quantitative estimate of drug-likeness (QED) is 0.832. The minimum absolute atomic E-state index is 0.0122. The number of nitrogens with one attached hydrogen (secondary N) is 2. The number of hydrogen-bond acceptors (Lipinski definition) is 5. The Morgan fingerprint density at radius 1 is 1.30 bits per heavy atom. The van der Waals surface area contributed by atoms with Crippen molar-refractivity contribution in [3.05, 3.63) is 54.1 Å². The molecule has 1 atom stereocenters. The van der Waals surface area contributed by atoms with Crippen LogP contribution in [0.3, 0.4) is 0 Å². The van der Waals surface area contributed by atoms with E-state index in [4.69, 9.17) is 0 Å². The molecule has 102 valence electrons. The molecule has 1 aromatic carbocycles. The molecule has 1 aliphatic rings. The van der Waals surface area contributed by atoms with Crippen LogP contribution in [-0.4, -0.2) is 10.9 Å². The summed E-state index contributed by atoms with van der Waals surface area (Å²) in [5.74, 6) is 0.335. The number of guanidine groups is 1. The largest absolute Gasteiger partial charge is 0.347 e. The van der Waals surface area contributed by atoms with Gasteiger partial charge in [0.1, 0.15) is 5.82 Å². The van der Waals surface area contributed by atoms with E-state index in [-0.39, 0.29) is 11.9 Å². The molecule has 0 bridgehead atoms. The van der Waals surface area contributed by atoms with E-state index in [0.29, 0.717) is 5.96 Å². The van der Waals surface area contributed by atoms with Gasteiger partial charge in [-0.25, -0.2) is 4.39 Å². The van der Waals surface area contributed by atoms with Crippen LogP contribution in [0.1, 0.15) is 18.7 Å². The summed E-state index contributed by atoms with van der Waals surface area (Å²) in [7, 11) is 0. The van der Waals surface area contributed by atoms with Crippen LogP contribution in [0.2, 0.25) is 0 Å². The Morgan fingerprint density at radius 3 is 3.00 bits per heavy atom. The van der Waals surface area contributed by atoms with Gasteiger partial charge in [-0.2, -0.15) is 4.40 Å². The van der Waals surface area contributed by atoms with Gasteiger partial charge in [-0.05, 0) is 37.3 Å². The predicted octanol–water partition coefficient (Wildman–Crippen LogP) is 3.36. The highest BCUT2D eigenvalue weighted by Gasteiger charge is 2.15. The molecule has 2 heterocycles. The van der Waals surface area contributed by atoms with Gasteiger partial charge in [-0.1, -0.05) is 6.07 Å². The third kappa shape index (κ3) is 2.75. The van der Waals surface area contributed by atoms with Crippen molar-refractivity contribution in [1.29, 1.82) is 0 Å². The first-order chi connectivity index (χ1) is 9.72. The molecule has 3 rings (SSSR count).